The van der Waals surface area contributed by atoms with E-state index in [0.29, 0.717) is 15.6 Å². The van der Waals surface area contributed by atoms with E-state index < -0.39 is 0 Å². The number of carbonyl (C=O) groups excluding carboxylic acids is 1. The number of hydrogen-bond donors (Lipinski definition) is 1. The monoisotopic (exact) mass is 321 g/mol. The van der Waals surface area contributed by atoms with Crippen LogP contribution in [0.25, 0.3) is 0 Å². The second kappa shape index (κ2) is 6.97. The van der Waals surface area contributed by atoms with Crippen molar-refractivity contribution in [3.05, 3.63) is 63.6 Å². The zero-order valence-electron chi connectivity index (χ0n) is 12.0. The summed E-state index contributed by atoms with van der Waals surface area (Å²) < 4.78 is 0. The van der Waals surface area contributed by atoms with Gasteiger partial charge in [-0.05, 0) is 37.6 Å². The summed E-state index contributed by atoms with van der Waals surface area (Å²) in [4.78, 5) is 11.7. The van der Waals surface area contributed by atoms with Crippen LogP contribution in [0.5, 0.6) is 0 Å². The van der Waals surface area contributed by atoms with Crippen LogP contribution in [0.3, 0.4) is 0 Å². The lowest BCUT2D eigenvalue weighted by Gasteiger charge is -2.22. The minimum atomic E-state index is -0.0494. The van der Waals surface area contributed by atoms with E-state index in [1.54, 1.807) is 6.92 Å². The van der Waals surface area contributed by atoms with Crippen LogP contribution in [0.4, 0.5) is 5.69 Å². The number of carbonyl (C=O) groups is 1. The SMILES string of the molecule is CCC(Nc1ccccc1C(C)=O)c1c(Cl)cccc1Cl. The smallest absolute Gasteiger partial charge is 0.161 e. The van der Waals surface area contributed by atoms with Gasteiger partial charge in [0.1, 0.15) is 0 Å². The van der Waals surface area contributed by atoms with Gasteiger partial charge >= 0.3 is 0 Å². The fourth-order valence-electron chi connectivity index (χ4n) is 2.33. The highest BCUT2D eigenvalue weighted by Gasteiger charge is 2.18. The molecule has 0 amide bonds. The average molecular weight is 322 g/mol. The van der Waals surface area contributed by atoms with Gasteiger partial charge in [0.05, 0.1) is 6.04 Å². The van der Waals surface area contributed by atoms with E-state index in [1.165, 1.54) is 0 Å². The van der Waals surface area contributed by atoms with Crippen molar-refractivity contribution >= 4 is 34.7 Å². The van der Waals surface area contributed by atoms with Crippen LogP contribution in [0.1, 0.15) is 42.2 Å². The van der Waals surface area contributed by atoms with Crippen LogP contribution >= 0.6 is 23.2 Å². The quantitative estimate of drug-likeness (QED) is 0.709. The average Bonchev–Trinajstić information content (AvgIpc) is 2.46. The number of para-hydroxylation sites is 1. The van der Waals surface area contributed by atoms with E-state index in [9.17, 15) is 4.79 Å². The third-order valence-electron chi connectivity index (χ3n) is 3.39. The molecule has 0 saturated carbocycles. The van der Waals surface area contributed by atoms with Crippen molar-refractivity contribution in [1.82, 2.24) is 0 Å². The fourth-order valence-corrected chi connectivity index (χ4v) is 2.99. The van der Waals surface area contributed by atoms with Crippen molar-refractivity contribution in [1.29, 1.82) is 0 Å². The first-order valence-electron chi connectivity index (χ1n) is 6.85. The predicted octanol–water partition coefficient (Wildman–Crippen LogP) is 5.76. The molecule has 0 aromatic heterocycles. The number of benzene rings is 2. The Bertz CT molecular complexity index is 635. The summed E-state index contributed by atoms with van der Waals surface area (Å²) in [7, 11) is 0. The van der Waals surface area contributed by atoms with E-state index in [4.69, 9.17) is 23.2 Å². The lowest BCUT2D eigenvalue weighted by molar-refractivity contribution is 0.101. The summed E-state index contributed by atoms with van der Waals surface area (Å²) in [5, 5.41) is 4.64. The molecule has 0 aliphatic rings. The molecule has 110 valence electrons. The molecule has 1 unspecified atom stereocenters. The number of nitrogens with one attached hydrogen (secondary N) is 1. The van der Waals surface area contributed by atoms with E-state index in [0.717, 1.165) is 17.7 Å². The summed E-state index contributed by atoms with van der Waals surface area (Å²) in [6.45, 7) is 3.61. The van der Waals surface area contributed by atoms with Gasteiger partial charge in [0.15, 0.2) is 5.78 Å². The highest BCUT2D eigenvalue weighted by molar-refractivity contribution is 6.36. The zero-order chi connectivity index (χ0) is 15.4. The summed E-state index contributed by atoms with van der Waals surface area (Å²) in [6, 6.07) is 12.9. The van der Waals surface area contributed by atoms with Gasteiger partial charge < -0.3 is 5.32 Å². The molecule has 0 aliphatic heterocycles. The summed E-state index contributed by atoms with van der Waals surface area (Å²) in [6.07, 6.45) is 0.801. The van der Waals surface area contributed by atoms with Crippen LogP contribution in [0.2, 0.25) is 10.0 Å². The van der Waals surface area contributed by atoms with Crippen LogP contribution in [0.15, 0.2) is 42.5 Å². The van der Waals surface area contributed by atoms with Gasteiger partial charge in [-0.15, -0.1) is 0 Å². The number of ketones is 1. The lowest BCUT2D eigenvalue weighted by atomic mass is 10.0. The second-order valence-electron chi connectivity index (χ2n) is 4.84. The predicted molar refractivity (Wildman–Crippen MR) is 89.6 cm³/mol. The van der Waals surface area contributed by atoms with Gasteiger partial charge in [-0.25, -0.2) is 0 Å². The molecule has 4 heteroatoms. The fraction of sp³-hybridized carbons (Fsp3) is 0.235. The van der Waals surface area contributed by atoms with Crippen LogP contribution in [-0.4, -0.2) is 5.78 Å². The van der Waals surface area contributed by atoms with Crippen molar-refractivity contribution in [2.45, 2.75) is 26.3 Å². The van der Waals surface area contributed by atoms with Crippen molar-refractivity contribution in [3.63, 3.8) is 0 Å². The van der Waals surface area contributed by atoms with E-state index >= 15 is 0 Å². The molecule has 0 radical (unpaired) electrons. The van der Waals surface area contributed by atoms with E-state index in [-0.39, 0.29) is 11.8 Å². The highest BCUT2D eigenvalue weighted by atomic mass is 35.5. The third-order valence-corrected chi connectivity index (χ3v) is 4.05. The molecule has 2 rings (SSSR count). The Morgan fingerprint density at radius 1 is 1.10 bits per heavy atom. The maximum absolute atomic E-state index is 11.7. The van der Waals surface area contributed by atoms with Crippen molar-refractivity contribution < 1.29 is 4.79 Å². The minimum Gasteiger partial charge on any atom is -0.378 e. The largest absolute Gasteiger partial charge is 0.378 e. The topological polar surface area (TPSA) is 29.1 Å². The Morgan fingerprint density at radius 3 is 2.29 bits per heavy atom. The van der Waals surface area contributed by atoms with Gasteiger partial charge in [0.25, 0.3) is 0 Å². The molecule has 1 N–H and O–H groups in total. The van der Waals surface area contributed by atoms with Crippen molar-refractivity contribution in [2.24, 2.45) is 0 Å². The standard InChI is InChI=1S/C17H17Cl2NO/c1-3-15(17-13(18)8-6-9-14(17)19)20-16-10-5-4-7-12(16)11(2)21/h4-10,15,20H,3H2,1-2H3. The van der Waals surface area contributed by atoms with Gasteiger partial charge in [-0.2, -0.15) is 0 Å². The molecular formula is C17H17Cl2NO. The number of anilines is 1. The van der Waals surface area contributed by atoms with Crippen LogP contribution in [-0.2, 0) is 0 Å². The molecule has 1 atom stereocenters. The number of halogens is 2. The Morgan fingerprint density at radius 2 is 1.71 bits per heavy atom. The number of hydrogen-bond acceptors (Lipinski definition) is 2. The molecule has 2 nitrogen and oxygen atoms in total. The molecule has 2 aromatic rings. The van der Waals surface area contributed by atoms with Gasteiger partial charge in [-0.3, -0.25) is 4.79 Å². The first kappa shape index (κ1) is 15.9. The Kier molecular flexibility index (Phi) is 5.27. The highest BCUT2D eigenvalue weighted by Crippen LogP contribution is 2.34. The maximum Gasteiger partial charge on any atom is 0.161 e. The van der Waals surface area contributed by atoms with Crippen molar-refractivity contribution in [2.75, 3.05) is 5.32 Å². The minimum absolute atomic E-state index is 0.0261. The van der Waals surface area contributed by atoms with Crippen molar-refractivity contribution in [3.8, 4) is 0 Å². The molecule has 0 aliphatic carbocycles. The summed E-state index contributed by atoms with van der Waals surface area (Å²) in [5.74, 6) is 0.0261. The van der Waals surface area contributed by atoms with Crippen LogP contribution in [0, 0.1) is 0 Å². The maximum atomic E-state index is 11.7. The summed E-state index contributed by atoms with van der Waals surface area (Å²) in [5.41, 5.74) is 2.33. The van der Waals surface area contributed by atoms with Gasteiger partial charge in [-0.1, -0.05) is 48.3 Å². The zero-order valence-corrected chi connectivity index (χ0v) is 13.5. The molecule has 0 saturated heterocycles. The lowest BCUT2D eigenvalue weighted by Crippen LogP contribution is -2.13. The molecule has 0 fully saturated rings. The normalized spacial score (nSPS) is 12.0. The Labute approximate surface area is 135 Å². The molecular weight excluding hydrogens is 305 g/mol. The van der Waals surface area contributed by atoms with Gasteiger partial charge in [0.2, 0.25) is 0 Å². The summed E-state index contributed by atoms with van der Waals surface area (Å²) >= 11 is 12.6. The first-order chi connectivity index (χ1) is 10.0. The third kappa shape index (κ3) is 3.58. The number of rotatable bonds is 5. The molecule has 0 spiro atoms. The molecule has 21 heavy (non-hydrogen) atoms. The Hall–Kier alpha value is -1.51. The first-order valence-corrected chi connectivity index (χ1v) is 7.60. The Balaban J connectivity index is 2.39. The van der Waals surface area contributed by atoms with Crippen LogP contribution < -0.4 is 5.32 Å². The number of Topliss-reactive ketones (excluding diaryl/α,β-unsaturated/α-hetero) is 1. The second-order valence-corrected chi connectivity index (χ2v) is 5.66. The van der Waals surface area contributed by atoms with Gasteiger partial charge in [0, 0.05) is 26.9 Å². The molecule has 0 heterocycles. The van der Waals surface area contributed by atoms with E-state index in [1.807, 2.05) is 49.4 Å². The van der Waals surface area contributed by atoms with E-state index in [2.05, 4.69) is 5.32 Å². The molecule has 2 aromatic carbocycles. The molecule has 0 bridgehead atoms.